The normalized spacial score (nSPS) is 20.4. The van der Waals surface area contributed by atoms with Crippen molar-refractivity contribution in [3.63, 3.8) is 0 Å². The van der Waals surface area contributed by atoms with Gasteiger partial charge in [0.1, 0.15) is 0 Å². The predicted octanol–water partition coefficient (Wildman–Crippen LogP) is 1.80. The Morgan fingerprint density at radius 3 is 2.84 bits per heavy atom. The van der Waals surface area contributed by atoms with Gasteiger partial charge in [-0.1, -0.05) is 23.8 Å². The second-order valence-electron chi connectivity index (χ2n) is 5.81. The molecule has 1 N–H and O–H groups in total. The minimum atomic E-state index is 0.254. The van der Waals surface area contributed by atoms with Crippen LogP contribution in [0.1, 0.15) is 23.1 Å². The summed E-state index contributed by atoms with van der Waals surface area (Å²) < 4.78 is 0. The number of aliphatic hydroxyl groups excluding tert-OH is 1. The molecule has 1 fully saturated rings. The number of aliphatic hydroxyl groups is 1. The van der Waals surface area contributed by atoms with Gasteiger partial charge in [0, 0.05) is 32.2 Å². The van der Waals surface area contributed by atoms with Gasteiger partial charge in [0.15, 0.2) is 0 Å². The van der Waals surface area contributed by atoms with Crippen LogP contribution >= 0.6 is 0 Å². The molecule has 0 spiro atoms. The Balaban J connectivity index is 1.91. The van der Waals surface area contributed by atoms with Crippen LogP contribution in [0.2, 0.25) is 0 Å². The molecule has 19 heavy (non-hydrogen) atoms. The minimum absolute atomic E-state index is 0.254. The van der Waals surface area contributed by atoms with E-state index in [1.165, 1.54) is 23.1 Å². The maximum Gasteiger partial charge on any atom is 0.0558 e. The molecule has 1 atom stereocenters. The summed E-state index contributed by atoms with van der Waals surface area (Å²) in [4.78, 5) is 4.80. The van der Waals surface area contributed by atoms with E-state index >= 15 is 0 Å². The number of likely N-dealkylation sites (tertiary alicyclic amines) is 1. The topological polar surface area (TPSA) is 26.7 Å². The first kappa shape index (κ1) is 14.5. The molecule has 106 valence electrons. The number of hydrogen-bond acceptors (Lipinski definition) is 3. The third-order valence-electron chi connectivity index (χ3n) is 4.22. The van der Waals surface area contributed by atoms with Crippen LogP contribution in [0.3, 0.4) is 0 Å². The Morgan fingerprint density at radius 1 is 1.37 bits per heavy atom. The summed E-state index contributed by atoms with van der Waals surface area (Å²) in [5.74, 6) is 0. The second kappa shape index (κ2) is 6.51. The van der Waals surface area contributed by atoms with Crippen molar-refractivity contribution < 1.29 is 5.11 Å². The van der Waals surface area contributed by atoms with Crippen molar-refractivity contribution in [2.24, 2.45) is 0 Å². The zero-order valence-electron chi connectivity index (χ0n) is 12.4. The number of nitrogens with zero attached hydrogens (tertiary/aromatic N) is 2. The maximum absolute atomic E-state index is 9.01. The number of rotatable bonds is 5. The van der Waals surface area contributed by atoms with Gasteiger partial charge in [0.25, 0.3) is 0 Å². The molecule has 0 bridgehead atoms. The molecular weight excluding hydrogens is 236 g/mol. The molecule has 0 aliphatic carbocycles. The largest absolute Gasteiger partial charge is 0.395 e. The monoisotopic (exact) mass is 262 g/mol. The Labute approximate surface area is 116 Å². The van der Waals surface area contributed by atoms with Crippen LogP contribution in [0.5, 0.6) is 0 Å². The summed E-state index contributed by atoms with van der Waals surface area (Å²) >= 11 is 0. The number of benzene rings is 1. The van der Waals surface area contributed by atoms with E-state index in [0.717, 1.165) is 26.2 Å². The Morgan fingerprint density at radius 2 is 2.16 bits per heavy atom. The Bertz CT molecular complexity index is 419. The molecule has 1 aromatic rings. The van der Waals surface area contributed by atoms with Crippen LogP contribution in [0, 0.1) is 13.8 Å². The lowest BCUT2D eigenvalue weighted by Crippen LogP contribution is -2.36. The van der Waals surface area contributed by atoms with Crippen LogP contribution in [0.15, 0.2) is 18.2 Å². The molecule has 0 aromatic heterocycles. The van der Waals surface area contributed by atoms with Crippen LogP contribution in [-0.4, -0.2) is 54.2 Å². The van der Waals surface area contributed by atoms with Gasteiger partial charge in [-0.3, -0.25) is 9.80 Å². The average molecular weight is 262 g/mol. The highest BCUT2D eigenvalue weighted by molar-refractivity contribution is 5.30. The fraction of sp³-hybridized carbons (Fsp3) is 0.625. The van der Waals surface area contributed by atoms with Crippen molar-refractivity contribution in [3.05, 3.63) is 34.9 Å². The Hall–Kier alpha value is -0.900. The molecule has 1 aliphatic heterocycles. The molecule has 3 nitrogen and oxygen atoms in total. The van der Waals surface area contributed by atoms with Gasteiger partial charge in [0.2, 0.25) is 0 Å². The van der Waals surface area contributed by atoms with Crippen molar-refractivity contribution in [1.82, 2.24) is 9.80 Å². The van der Waals surface area contributed by atoms with Crippen LogP contribution in [0.25, 0.3) is 0 Å². The molecule has 1 saturated heterocycles. The standard InChI is InChI=1S/C16H26N2O/c1-13-4-5-15(14(2)10-13)11-18-7-6-16(12-18)17(3)8-9-19/h4-5,10,16,19H,6-9,11-12H2,1-3H3. The third-order valence-corrected chi connectivity index (χ3v) is 4.22. The fourth-order valence-corrected chi connectivity index (χ4v) is 2.92. The van der Waals surface area contributed by atoms with Gasteiger partial charge in [-0.2, -0.15) is 0 Å². The highest BCUT2D eigenvalue weighted by Crippen LogP contribution is 2.19. The predicted molar refractivity (Wildman–Crippen MR) is 79.3 cm³/mol. The molecular formula is C16H26N2O. The third kappa shape index (κ3) is 3.78. The van der Waals surface area contributed by atoms with E-state index in [2.05, 4.69) is 48.9 Å². The van der Waals surface area contributed by atoms with E-state index in [9.17, 15) is 0 Å². The maximum atomic E-state index is 9.01. The average Bonchev–Trinajstić information content (AvgIpc) is 2.82. The van der Waals surface area contributed by atoms with Crippen LogP contribution in [0.4, 0.5) is 0 Å². The van der Waals surface area contributed by atoms with E-state index in [1.54, 1.807) is 0 Å². The highest BCUT2D eigenvalue weighted by atomic mass is 16.3. The van der Waals surface area contributed by atoms with E-state index in [4.69, 9.17) is 5.11 Å². The lowest BCUT2D eigenvalue weighted by molar-refractivity contribution is 0.177. The quantitative estimate of drug-likeness (QED) is 0.876. The molecule has 1 aromatic carbocycles. The Kier molecular flexibility index (Phi) is 4.97. The molecule has 0 saturated carbocycles. The number of likely N-dealkylation sites (N-methyl/N-ethyl adjacent to an activating group) is 1. The van der Waals surface area contributed by atoms with Gasteiger partial charge in [-0.15, -0.1) is 0 Å². The fourth-order valence-electron chi connectivity index (χ4n) is 2.92. The summed E-state index contributed by atoms with van der Waals surface area (Å²) in [7, 11) is 2.11. The van der Waals surface area contributed by atoms with Crippen molar-refractivity contribution in [2.75, 3.05) is 33.3 Å². The summed E-state index contributed by atoms with van der Waals surface area (Å²) in [6.45, 7) is 8.71. The van der Waals surface area contributed by atoms with E-state index in [-0.39, 0.29) is 6.61 Å². The SMILES string of the molecule is Cc1ccc(CN2CCC(N(C)CCO)C2)c(C)c1. The van der Waals surface area contributed by atoms with E-state index in [1.807, 2.05) is 0 Å². The van der Waals surface area contributed by atoms with Crippen molar-refractivity contribution >= 4 is 0 Å². The first-order valence-electron chi connectivity index (χ1n) is 7.19. The first-order chi connectivity index (χ1) is 9.10. The van der Waals surface area contributed by atoms with Gasteiger partial charge < -0.3 is 5.11 Å². The summed E-state index contributed by atoms with van der Waals surface area (Å²) in [6.07, 6.45) is 1.21. The zero-order chi connectivity index (χ0) is 13.8. The zero-order valence-corrected chi connectivity index (χ0v) is 12.4. The van der Waals surface area contributed by atoms with Crippen LogP contribution < -0.4 is 0 Å². The van der Waals surface area contributed by atoms with Gasteiger partial charge in [0.05, 0.1) is 6.61 Å². The molecule has 3 heteroatoms. The lowest BCUT2D eigenvalue weighted by atomic mass is 10.1. The van der Waals surface area contributed by atoms with Gasteiger partial charge in [-0.25, -0.2) is 0 Å². The molecule has 1 heterocycles. The highest BCUT2D eigenvalue weighted by Gasteiger charge is 2.25. The van der Waals surface area contributed by atoms with Crippen LogP contribution in [-0.2, 0) is 6.54 Å². The smallest absolute Gasteiger partial charge is 0.0558 e. The summed E-state index contributed by atoms with van der Waals surface area (Å²) in [5, 5.41) is 9.01. The number of hydrogen-bond donors (Lipinski definition) is 1. The van der Waals surface area contributed by atoms with Gasteiger partial charge in [-0.05, 0) is 38.4 Å². The lowest BCUT2D eigenvalue weighted by Gasteiger charge is -2.24. The molecule has 0 radical (unpaired) electrons. The first-order valence-corrected chi connectivity index (χ1v) is 7.19. The summed E-state index contributed by atoms with van der Waals surface area (Å²) in [6, 6.07) is 7.32. The van der Waals surface area contributed by atoms with Crippen molar-refractivity contribution in [2.45, 2.75) is 32.9 Å². The second-order valence-corrected chi connectivity index (χ2v) is 5.81. The molecule has 0 amide bonds. The van der Waals surface area contributed by atoms with Crippen molar-refractivity contribution in [1.29, 1.82) is 0 Å². The van der Waals surface area contributed by atoms with Crippen molar-refractivity contribution in [3.8, 4) is 0 Å². The van der Waals surface area contributed by atoms with Gasteiger partial charge >= 0.3 is 0 Å². The number of aryl methyl sites for hydroxylation is 2. The minimum Gasteiger partial charge on any atom is -0.395 e. The molecule has 1 unspecified atom stereocenters. The van der Waals surface area contributed by atoms with E-state index in [0.29, 0.717) is 6.04 Å². The van der Waals surface area contributed by atoms with E-state index < -0.39 is 0 Å². The molecule has 2 rings (SSSR count). The summed E-state index contributed by atoms with van der Waals surface area (Å²) in [5.41, 5.74) is 4.17. The molecule has 1 aliphatic rings.